The van der Waals surface area contributed by atoms with Gasteiger partial charge in [0, 0.05) is 12.0 Å². The minimum atomic E-state index is -0.00870. The Kier molecular flexibility index (Phi) is 2.14. The van der Waals surface area contributed by atoms with E-state index in [1.165, 1.54) is 25.7 Å². The van der Waals surface area contributed by atoms with Crippen LogP contribution in [0.3, 0.4) is 0 Å². The van der Waals surface area contributed by atoms with Gasteiger partial charge < -0.3 is 10.4 Å². The molecular weight excluding hydrogens is 138 g/mol. The average Bonchev–Trinajstić information content (AvgIpc) is 2.55. The predicted octanol–water partition coefficient (Wildman–Crippen LogP) is 0.899. The summed E-state index contributed by atoms with van der Waals surface area (Å²) >= 11 is 0. The number of aliphatic hydroxyl groups excluding tert-OH is 1. The van der Waals surface area contributed by atoms with Gasteiger partial charge in [-0.1, -0.05) is 6.42 Å². The van der Waals surface area contributed by atoms with Crippen LogP contribution in [-0.2, 0) is 0 Å². The SMILES string of the molecule is O[C@@H]1CCC[C@H]1[C@@H]1CCCN1. The van der Waals surface area contributed by atoms with Crippen LogP contribution in [0.4, 0.5) is 0 Å². The summed E-state index contributed by atoms with van der Waals surface area (Å²) in [5, 5.41) is 13.1. The summed E-state index contributed by atoms with van der Waals surface area (Å²) < 4.78 is 0. The van der Waals surface area contributed by atoms with E-state index in [1.807, 2.05) is 0 Å². The van der Waals surface area contributed by atoms with Crippen molar-refractivity contribution in [2.75, 3.05) is 6.54 Å². The summed E-state index contributed by atoms with van der Waals surface area (Å²) in [6.45, 7) is 1.16. The third-order valence-electron chi connectivity index (χ3n) is 3.15. The molecular formula is C9H17NO. The fourth-order valence-corrected chi connectivity index (χ4v) is 2.52. The van der Waals surface area contributed by atoms with Crippen LogP contribution in [0.1, 0.15) is 32.1 Å². The van der Waals surface area contributed by atoms with Crippen LogP contribution in [0.25, 0.3) is 0 Å². The molecule has 0 amide bonds. The lowest BCUT2D eigenvalue weighted by Gasteiger charge is -2.21. The van der Waals surface area contributed by atoms with Gasteiger partial charge >= 0.3 is 0 Å². The van der Waals surface area contributed by atoms with Crippen LogP contribution < -0.4 is 5.32 Å². The molecule has 2 aliphatic rings. The van der Waals surface area contributed by atoms with Gasteiger partial charge in [0.1, 0.15) is 0 Å². The summed E-state index contributed by atoms with van der Waals surface area (Å²) in [4.78, 5) is 0. The van der Waals surface area contributed by atoms with Crippen LogP contribution >= 0.6 is 0 Å². The van der Waals surface area contributed by atoms with Crippen LogP contribution in [-0.4, -0.2) is 23.8 Å². The molecule has 0 bridgehead atoms. The highest BCUT2D eigenvalue weighted by atomic mass is 16.3. The van der Waals surface area contributed by atoms with Gasteiger partial charge in [-0.05, 0) is 32.2 Å². The van der Waals surface area contributed by atoms with E-state index in [1.54, 1.807) is 0 Å². The molecule has 11 heavy (non-hydrogen) atoms. The molecule has 2 heteroatoms. The zero-order chi connectivity index (χ0) is 7.68. The average molecular weight is 155 g/mol. The van der Waals surface area contributed by atoms with Gasteiger partial charge in [0.15, 0.2) is 0 Å². The lowest BCUT2D eigenvalue weighted by Crippen LogP contribution is -2.34. The molecule has 1 saturated heterocycles. The zero-order valence-corrected chi connectivity index (χ0v) is 6.92. The number of hydrogen-bond donors (Lipinski definition) is 2. The monoisotopic (exact) mass is 155 g/mol. The molecule has 2 nitrogen and oxygen atoms in total. The van der Waals surface area contributed by atoms with Crippen LogP contribution in [0.5, 0.6) is 0 Å². The highest BCUT2D eigenvalue weighted by Gasteiger charge is 2.33. The normalized spacial score (nSPS) is 45.0. The first-order valence-corrected chi connectivity index (χ1v) is 4.79. The van der Waals surface area contributed by atoms with Crippen molar-refractivity contribution in [3.63, 3.8) is 0 Å². The highest BCUT2D eigenvalue weighted by molar-refractivity contribution is 4.89. The van der Waals surface area contributed by atoms with Crippen molar-refractivity contribution >= 4 is 0 Å². The van der Waals surface area contributed by atoms with Crippen LogP contribution in [0.2, 0.25) is 0 Å². The Bertz CT molecular complexity index is 132. The van der Waals surface area contributed by atoms with Crippen molar-refractivity contribution in [3.05, 3.63) is 0 Å². The first kappa shape index (κ1) is 7.56. The first-order valence-electron chi connectivity index (χ1n) is 4.79. The summed E-state index contributed by atoms with van der Waals surface area (Å²) in [5.74, 6) is 0.567. The number of rotatable bonds is 1. The first-order chi connectivity index (χ1) is 5.38. The third-order valence-corrected chi connectivity index (χ3v) is 3.15. The Morgan fingerprint density at radius 2 is 2.00 bits per heavy atom. The van der Waals surface area contributed by atoms with Gasteiger partial charge in [-0.2, -0.15) is 0 Å². The number of aliphatic hydroxyl groups is 1. The molecule has 1 aliphatic heterocycles. The van der Waals surface area contributed by atoms with Gasteiger partial charge in [-0.3, -0.25) is 0 Å². The Hall–Kier alpha value is -0.0800. The fourth-order valence-electron chi connectivity index (χ4n) is 2.52. The van der Waals surface area contributed by atoms with Crippen molar-refractivity contribution in [1.82, 2.24) is 5.32 Å². The van der Waals surface area contributed by atoms with Crippen molar-refractivity contribution in [3.8, 4) is 0 Å². The van der Waals surface area contributed by atoms with Gasteiger partial charge in [0.2, 0.25) is 0 Å². The van der Waals surface area contributed by atoms with E-state index in [4.69, 9.17) is 0 Å². The Morgan fingerprint density at radius 1 is 1.09 bits per heavy atom. The lowest BCUT2D eigenvalue weighted by molar-refractivity contribution is 0.114. The molecule has 1 heterocycles. The molecule has 0 unspecified atom stereocenters. The molecule has 0 aromatic rings. The standard InChI is InChI=1S/C9H17NO/c11-9-5-1-3-7(9)8-4-2-6-10-8/h7-11H,1-6H2/t7-,8-,9+/m0/s1. The fraction of sp³-hybridized carbons (Fsp3) is 1.00. The molecule has 0 aromatic heterocycles. The molecule has 2 rings (SSSR count). The molecule has 2 N–H and O–H groups in total. The molecule has 1 saturated carbocycles. The van der Waals surface area contributed by atoms with Gasteiger partial charge in [-0.15, -0.1) is 0 Å². The highest BCUT2D eigenvalue weighted by Crippen LogP contribution is 2.31. The minimum Gasteiger partial charge on any atom is -0.393 e. The molecule has 0 spiro atoms. The summed E-state index contributed by atoms with van der Waals surface area (Å²) in [6.07, 6.45) is 6.06. The maximum absolute atomic E-state index is 9.61. The largest absolute Gasteiger partial charge is 0.393 e. The predicted molar refractivity (Wildman–Crippen MR) is 44.4 cm³/mol. The summed E-state index contributed by atoms with van der Waals surface area (Å²) in [5.41, 5.74) is 0. The van der Waals surface area contributed by atoms with Crippen molar-refractivity contribution in [1.29, 1.82) is 0 Å². The molecule has 0 radical (unpaired) electrons. The maximum atomic E-state index is 9.61. The van der Waals surface area contributed by atoms with E-state index < -0.39 is 0 Å². The molecule has 0 aromatic carbocycles. The molecule has 1 aliphatic carbocycles. The Labute approximate surface area is 68.0 Å². The maximum Gasteiger partial charge on any atom is 0.0583 e. The van der Waals surface area contributed by atoms with E-state index in [0.29, 0.717) is 12.0 Å². The van der Waals surface area contributed by atoms with Crippen molar-refractivity contribution in [2.45, 2.75) is 44.2 Å². The third kappa shape index (κ3) is 1.42. The van der Waals surface area contributed by atoms with E-state index >= 15 is 0 Å². The number of hydrogen-bond acceptors (Lipinski definition) is 2. The van der Waals surface area contributed by atoms with E-state index in [-0.39, 0.29) is 6.10 Å². The van der Waals surface area contributed by atoms with Gasteiger partial charge in [0.25, 0.3) is 0 Å². The second-order valence-corrected chi connectivity index (χ2v) is 3.86. The van der Waals surface area contributed by atoms with Crippen molar-refractivity contribution in [2.24, 2.45) is 5.92 Å². The number of nitrogens with one attached hydrogen (secondary N) is 1. The van der Waals surface area contributed by atoms with E-state index in [2.05, 4.69) is 5.32 Å². The van der Waals surface area contributed by atoms with Gasteiger partial charge in [-0.25, -0.2) is 0 Å². The van der Waals surface area contributed by atoms with Crippen LogP contribution in [0, 0.1) is 5.92 Å². The smallest absolute Gasteiger partial charge is 0.0583 e. The minimum absolute atomic E-state index is 0.00870. The van der Waals surface area contributed by atoms with Gasteiger partial charge in [0.05, 0.1) is 6.10 Å². The zero-order valence-electron chi connectivity index (χ0n) is 6.92. The van der Waals surface area contributed by atoms with Crippen LogP contribution in [0.15, 0.2) is 0 Å². The summed E-state index contributed by atoms with van der Waals surface area (Å²) in [6, 6.07) is 0.632. The second kappa shape index (κ2) is 3.11. The molecule has 3 atom stereocenters. The van der Waals surface area contributed by atoms with Crippen molar-refractivity contribution < 1.29 is 5.11 Å². The quantitative estimate of drug-likeness (QED) is 0.589. The topological polar surface area (TPSA) is 32.3 Å². The lowest BCUT2D eigenvalue weighted by atomic mass is 9.95. The molecule has 64 valence electrons. The second-order valence-electron chi connectivity index (χ2n) is 3.86. The van der Waals surface area contributed by atoms with E-state index in [9.17, 15) is 5.11 Å². The molecule has 2 fully saturated rings. The summed E-state index contributed by atoms with van der Waals surface area (Å²) in [7, 11) is 0. The van der Waals surface area contributed by atoms with E-state index in [0.717, 1.165) is 13.0 Å². The Morgan fingerprint density at radius 3 is 2.55 bits per heavy atom. The Balaban J connectivity index is 1.92.